The van der Waals surface area contributed by atoms with E-state index >= 15 is 0 Å². The summed E-state index contributed by atoms with van der Waals surface area (Å²) in [6.45, 7) is 9.19. The number of aliphatic imine (C=N–C) groups is 1. The van der Waals surface area contributed by atoms with Gasteiger partial charge in [0.25, 0.3) is 0 Å². The molecule has 2 fully saturated rings. The van der Waals surface area contributed by atoms with E-state index in [1.54, 1.807) is 0 Å². The van der Waals surface area contributed by atoms with E-state index in [1.165, 1.54) is 0 Å². The molecule has 0 spiro atoms. The maximum Gasteiger partial charge on any atom is 0.223 e. The number of morpholine rings is 1. The van der Waals surface area contributed by atoms with Gasteiger partial charge in [0, 0.05) is 44.8 Å². The van der Waals surface area contributed by atoms with Crippen molar-refractivity contribution in [3.63, 3.8) is 0 Å². The molecule has 2 heterocycles. The third-order valence-corrected chi connectivity index (χ3v) is 4.80. The second-order valence-electron chi connectivity index (χ2n) is 7.34. The van der Waals surface area contributed by atoms with Crippen LogP contribution in [0.5, 0.6) is 0 Å². The summed E-state index contributed by atoms with van der Waals surface area (Å²) >= 11 is 0. The molecule has 1 unspecified atom stereocenters. The van der Waals surface area contributed by atoms with Crippen LogP contribution in [0.4, 0.5) is 5.82 Å². The fourth-order valence-electron chi connectivity index (χ4n) is 3.13. The number of pyridine rings is 1. The van der Waals surface area contributed by atoms with Crippen LogP contribution in [0.15, 0.2) is 23.3 Å². The quantitative estimate of drug-likeness (QED) is 0.348. The third kappa shape index (κ3) is 6.37. The molecule has 2 aliphatic rings. The maximum atomic E-state index is 11.7. The van der Waals surface area contributed by atoms with Gasteiger partial charge in [-0.25, -0.2) is 9.98 Å². The Kier molecular flexibility index (Phi) is 7.47. The van der Waals surface area contributed by atoms with Gasteiger partial charge in [-0.3, -0.25) is 4.79 Å². The van der Waals surface area contributed by atoms with Gasteiger partial charge in [-0.2, -0.15) is 0 Å². The molecule has 1 saturated carbocycles. The predicted octanol–water partition coefficient (Wildman–Crippen LogP) is 0.888. The smallest absolute Gasteiger partial charge is 0.223 e. The zero-order valence-electron chi connectivity index (χ0n) is 16.9. The van der Waals surface area contributed by atoms with Gasteiger partial charge in [0.05, 0.1) is 19.3 Å². The van der Waals surface area contributed by atoms with E-state index < -0.39 is 0 Å². The highest BCUT2D eigenvalue weighted by atomic mass is 16.5. The summed E-state index contributed by atoms with van der Waals surface area (Å²) in [6.07, 6.45) is 4.12. The van der Waals surface area contributed by atoms with Crippen LogP contribution in [-0.4, -0.2) is 62.3 Å². The topological polar surface area (TPSA) is 90.9 Å². The van der Waals surface area contributed by atoms with Gasteiger partial charge in [-0.15, -0.1) is 0 Å². The Morgan fingerprint density at radius 3 is 2.89 bits per heavy atom. The molecule has 8 nitrogen and oxygen atoms in total. The van der Waals surface area contributed by atoms with Crippen LogP contribution in [0.2, 0.25) is 0 Å². The van der Waals surface area contributed by atoms with Crippen LogP contribution >= 0.6 is 0 Å². The molecular weight excluding hydrogens is 356 g/mol. The van der Waals surface area contributed by atoms with E-state index in [4.69, 9.17) is 4.74 Å². The minimum atomic E-state index is 0.172. The van der Waals surface area contributed by atoms with Crippen LogP contribution in [0.25, 0.3) is 0 Å². The number of carbonyl (C=O) groups excluding carboxylic acids is 1. The first-order valence-electron chi connectivity index (χ1n) is 10.3. The fraction of sp³-hybridized carbons (Fsp3) is 0.650. The zero-order valence-corrected chi connectivity index (χ0v) is 16.9. The lowest BCUT2D eigenvalue weighted by Crippen LogP contribution is -2.42. The largest absolute Gasteiger partial charge is 0.375 e. The summed E-state index contributed by atoms with van der Waals surface area (Å²) in [4.78, 5) is 23.1. The normalized spacial score (nSPS) is 20.0. The van der Waals surface area contributed by atoms with E-state index in [2.05, 4.69) is 43.8 Å². The van der Waals surface area contributed by atoms with E-state index in [1.807, 2.05) is 19.2 Å². The van der Waals surface area contributed by atoms with Crippen LogP contribution in [0, 0.1) is 5.92 Å². The second kappa shape index (κ2) is 10.3. The average molecular weight is 389 g/mol. The summed E-state index contributed by atoms with van der Waals surface area (Å²) in [6, 6.07) is 4.09. The lowest BCUT2D eigenvalue weighted by Gasteiger charge is -2.32. The standard InChI is InChI=1S/C20H32N6O2/c1-3-21-20(24-9-8-23-19(27)17-4-5-17)25-13-16-6-7-22-18(12-16)26-10-11-28-15(2)14-26/h6-7,12,15,17H,3-5,8-11,13-14H2,1-2H3,(H,23,27)(H2,21,24,25). The molecule has 8 heteroatoms. The highest BCUT2D eigenvalue weighted by molar-refractivity contribution is 5.81. The number of amides is 1. The van der Waals surface area contributed by atoms with Crippen molar-refractivity contribution < 1.29 is 9.53 Å². The van der Waals surface area contributed by atoms with Crippen LogP contribution in [0.3, 0.4) is 0 Å². The van der Waals surface area contributed by atoms with E-state index in [9.17, 15) is 4.79 Å². The van der Waals surface area contributed by atoms with Gasteiger partial charge in [-0.1, -0.05) is 0 Å². The average Bonchev–Trinajstić information content (AvgIpc) is 3.55. The molecular formula is C20H32N6O2. The molecule has 1 aliphatic carbocycles. The van der Waals surface area contributed by atoms with Gasteiger partial charge < -0.3 is 25.6 Å². The molecule has 3 rings (SSSR count). The number of aromatic nitrogens is 1. The van der Waals surface area contributed by atoms with Crippen molar-refractivity contribution in [2.24, 2.45) is 10.9 Å². The number of anilines is 1. The van der Waals surface area contributed by atoms with Crippen molar-refractivity contribution in [2.75, 3.05) is 44.2 Å². The van der Waals surface area contributed by atoms with Gasteiger partial charge in [0.15, 0.2) is 5.96 Å². The van der Waals surface area contributed by atoms with E-state index in [0.717, 1.165) is 56.4 Å². The molecule has 1 saturated heterocycles. The van der Waals surface area contributed by atoms with E-state index in [-0.39, 0.29) is 17.9 Å². The van der Waals surface area contributed by atoms with Crippen molar-refractivity contribution in [3.05, 3.63) is 23.9 Å². The third-order valence-electron chi connectivity index (χ3n) is 4.80. The Morgan fingerprint density at radius 2 is 2.14 bits per heavy atom. The molecule has 3 N–H and O–H groups in total. The van der Waals surface area contributed by atoms with Crippen molar-refractivity contribution >= 4 is 17.7 Å². The molecule has 0 aromatic carbocycles. The first kappa shape index (κ1) is 20.4. The molecule has 0 radical (unpaired) electrons. The Balaban J connectivity index is 1.50. The summed E-state index contributed by atoms with van der Waals surface area (Å²) < 4.78 is 5.61. The summed E-state index contributed by atoms with van der Waals surface area (Å²) in [5, 5.41) is 9.47. The van der Waals surface area contributed by atoms with Crippen LogP contribution in [-0.2, 0) is 16.1 Å². The molecule has 154 valence electrons. The number of guanidine groups is 1. The Hall–Kier alpha value is -2.35. The van der Waals surface area contributed by atoms with E-state index in [0.29, 0.717) is 19.6 Å². The minimum Gasteiger partial charge on any atom is -0.375 e. The Bertz CT molecular complexity index is 676. The molecule has 1 amide bonds. The lowest BCUT2D eigenvalue weighted by atomic mass is 10.2. The number of hydrogen-bond acceptors (Lipinski definition) is 5. The van der Waals surface area contributed by atoms with Crippen molar-refractivity contribution in [2.45, 2.75) is 39.3 Å². The summed E-state index contributed by atoms with van der Waals surface area (Å²) in [5.74, 6) is 2.15. The van der Waals surface area contributed by atoms with Crippen molar-refractivity contribution in [3.8, 4) is 0 Å². The molecule has 1 aromatic rings. The number of nitrogens with one attached hydrogen (secondary N) is 3. The van der Waals surface area contributed by atoms with Gasteiger partial charge in [0.2, 0.25) is 5.91 Å². The number of rotatable bonds is 8. The van der Waals surface area contributed by atoms with Crippen LogP contribution < -0.4 is 20.9 Å². The zero-order chi connectivity index (χ0) is 19.8. The monoisotopic (exact) mass is 388 g/mol. The Morgan fingerprint density at radius 1 is 1.32 bits per heavy atom. The lowest BCUT2D eigenvalue weighted by molar-refractivity contribution is -0.122. The number of carbonyl (C=O) groups is 1. The number of nitrogens with zero attached hydrogens (tertiary/aromatic N) is 3. The summed E-state index contributed by atoms with van der Waals surface area (Å²) in [7, 11) is 0. The SMILES string of the molecule is CCNC(=NCc1ccnc(N2CCOC(C)C2)c1)NCCNC(=O)C1CC1. The highest BCUT2D eigenvalue weighted by Crippen LogP contribution is 2.28. The number of ether oxygens (including phenoxy) is 1. The first-order valence-corrected chi connectivity index (χ1v) is 10.3. The fourth-order valence-corrected chi connectivity index (χ4v) is 3.13. The molecule has 1 atom stereocenters. The number of hydrogen-bond donors (Lipinski definition) is 3. The maximum absolute atomic E-state index is 11.7. The first-order chi connectivity index (χ1) is 13.7. The minimum absolute atomic E-state index is 0.172. The van der Waals surface area contributed by atoms with Crippen LogP contribution in [0.1, 0.15) is 32.3 Å². The molecule has 1 aliphatic heterocycles. The van der Waals surface area contributed by atoms with Gasteiger partial charge in [0.1, 0.15) is 5.82 Å². The molecule has 28 heavy (non-hydrogen) atoms. The van der Waals surface area contributed by atoms with Crippen molar-refractivity contribution in [1.82, 2.24) is 20.9 Å². The second-order valence-corrected chi connectivity index (χ2v) is 7.34. The van der Waals surface area contributed by atoms with Gasteiger partial charge in [-0.05, 0) is 44.4 Å². The predicted molar refractivity (Wildman–Crippen MR) is 110 cm³/mol. The molecule has 0 bridgehead atoms. The summed E-state index contributed by atoms with van der Waals surface area (Å²) in [5.41, 5.74) is 1.11. The molecule has 1 aromatic heterocycles. The highest BCUT2D eigenvalue weighted by Gasteiger charge is 2.28. The van der Waals surface area contributed by atoms with Crippen molar-refractivity contribution in [1.29, 1.82) is 0 Å². The van der Waals surface area contributed by atoms with Gasteiger partial charge >= 0.3 is 0 Å². The Labute approximate surface area is 167 Å².